The lowest BCUT2D eigenvalue weighted by Crippen LogP contribution is -2.27. The summed E-state index contributed by atoms with van der Waals surface area (Å²) in [6.07, 6.45) is -0.108. The Morgan fingerprint density at radius 3 is 2.71 bits per heavy atom. The van der Waals surface area contributed by atoms with E-state index >= 15 is 0 Å². The summed E-state index contributed by atoms with van der Waals surface area (Å²) < 4.78 is 23.0. The highest BCUT2D eigenvalue weighted by molar-refractivity contribution is 7.66. The topological polar surface area (TPSA) is 88.7 Å². The van der Waals surface area contributed by atoms with Crippen molar-refractivity contribution in [1.82, 2.24) is 5.09 Å². The number of hydrogen-bond acceptors (Lipinski definition) is 4. The van der Waals surface area contributed by atoms with Crippen molar-refractivity contribution in [3.63, 3.8) is 0 Å². The van der Waals surface area contributed by atoms with Crippen LogP contribution in [0.2, 0.25) is 0 Å². The molecule has 8 heteroatoms. The van der Waals surface area contributed by atoms with Crippen LogP contribution in [0.3, 0.4) is 0 Å². The molecular formula is C13H20N3O4P. The quantitative estimate of drug-likeness (QED) is 0.720. The summed E-state index contributed by atoms with van der Waals surface area (Å²) in [7, 11) is -3.29. The molecule has 116 valence electrons. The first-order chi connectivity index (χ1) is 9.92. The summed E-state index contributed by atoms with van der Waals surface area (Å²) in [5.74, 6) is 0.683. The molecule has 21 heavy (non-hydrogen) atoms. The van der Waals surface area contributed by atoms with Gasteiger partial charge in [0.2, 0.25) is 0 Å². The molecule has 0 fully saturated rings. The van der Waals surface area contributed by atoms with E-state index in [4.69, 9.17) is 9.47 Å². The average molecular weight is 313 g/mol. The van der Waals surface area contributed by atoms with Crippen LogP contribution in [0.4, 0.5) is 16.2 Å². The third kappa shape index (κ3) is 4.04. The van der Waals surface area contributed by atoms with Crippen LogP contribution in [0, 0.1) is 0 Å². The molecule has 3 N–H and O–H groups in total. The summed E-state index contributed by atoms with van der Waals surface area (Å²) in [5, 5.41) is 7.89. The Bertz CT molecular complexity index is 577. The standard InChI is InChI=1S/C13H20N3O4P/c1-4-7-19-10-5-6-11-12(8-10)15-21(18,14-11)16-13(17)20-9(2)3/h5-6,8-9H,4,7H2,1-3H3,(H3,14,15,16,17,18). The van der Waals surface area contributed by atoms with Gasteiger partial charge in [0, 0.05) is 6.07 Å². The average Bonchev–Trinajstić information content (AvgIpc) is 2.69. The van der Waals surface area contributed by atoms with E-state index in [2.05, 4.69) is 15.3 Å². The van der Waals surface area contributed by atoms with Gasteiger partial charge in [-0.05, 0) is 32.4 Å². The number of carbonyl (C=O) groups excluding carboxylic acids is 1. The minimum absolute atomic E-state index is 0.282. The first kappa shape index (κ1) is 15.5. The molecule has 2 rings (SSSR count). The van der Waals surface area contributed by atoms with Crippen LogP contribution in [0.1, 0.15) is 27.2 Å². The van der Waals surface area contributed by atoms with Gasteiger partial charge in [-0.2, -0.15) is 0 Å². The first-order valence-corrected chi connectivity index (χ1v) is 8.55. The van der Waals surface area contributed by atoms with Crippen LogP contribution >= 0.6 is 7.59 Å². The molecule has 1 heterocycles. The Hall–Kier alpha value is -1.88. The smallest absolute Gasteiger partial charge is 0.415 e. The fourth-order valence-electron chi connectivity index (χ4n) is 1.82. The molecule has 1 aliphatic rings. The van der Waals surface area contributed by atoms with E-state index in [1.165, 1.54) is 0 Å². The zero-order chi connectivity index (χ0) is 15.5. The number of fused-ring (bicyclic) bond motifs is 1. The molecule has 1 aromatic carbocycles. The van der Waals surface area contributed by atoms with Gasteiger partial charge in [0.25, 0.3) is 0 Å². The molecule has 0 aromatic heterocycles. The lowest BCUT2D eigenvalue weighted by atomic mass is 10.2. The molecule has 7 nitrogen and oxygen atoms in total. The van der Waals surface area contributed by atoms with Crippen molar-refractivity contribution in [3.8, 4) is 5.75 Å². The Morgan fingerprint density at radius 1 is 1.33 bits per heavy atom. The fourth-order valence-corrected chi connectivity index (χ4v) is 3.35. The van der Waals surface area contributed by atoms with Crippen molar-refractivity contribution in [3.05, 3.63) is 18.2 Å². The summed E-state index contributed by atoms with van der Waals surface area (Å²) >= 11 is 0. The predicted octanol–water partition coefficient (Wildman–Crippen LogP) is 3.56. The molecule has 1 amide bonds. The zero-order valence-electron chi connectivity index (χ0n) is 12.3. The monoisotopic (exact) mass is 313 g/mol. The number of hydrogen-bond donors (Lipinski definition) is 3. The Morgan fingerprint density at radius 2 is 2.05 bits per heavy atom. The van der Waals surface area contributed by atoms with Gasteiger partial charge in [-0.3, -0.25) is 4.57 Å². The lowest BCUT2D eigenvalue weighted by Gasteiger charge is -2.15. The van der Waals surface area contributed by atoms with Crippen LogP contribution in [-0.4, -0.2) is 18.8 Å². The summed E-state index contributed by atoms with van der Waals surface area (Å²) in [6, 6.07) is 5.28. The van der Waals surface area contributed by atoms with E-state index < -0.39 is 13.7 Å². The largest absolute Gasteiger partial charge is 0.494 e. The SMILES string of the molecule is CCCOc1ccc2c(c1)NP(=O)(NC(=O)OC(C)C)N2. The number of rotatable bonds is 5. The van der Waals surface area contributed by atoms with Crippen LogP contribution in [-0.2, 0) is 9.30 Å². The molecule has 1 unspecified atom stereocenters. The van der Waals surface area contributed by atoms with E-state index in [1.807, 2.05) is 6.92 Å². The van der Waals surface area contributed by atoms with E-state index in [1.54, 1.807) is 32.0 Å². The lowest BCUT2D eigenvalue weighted by molar-refractivity contribution is 0.121. The second-order valence-electron chi connectivity index (χ2n) is 4.95. The number of carbonyl (C=O) groups is 1. The van der Waals surface area contributed by atoms with E-state index in [0.717, 1.165) is 6.42 Å². The zero-order valence-corrected chi connectivity index (χ0v) is 13.2. The van der Waals surface area contributed by atoms with Crippen molar-refractivity contribution >= 4 is 25.1 Å². The number of benzene rings is 1. The first-order valence-electron chi connectivity index (χ1n) is 6.84. The normalized spacial score (nSPS) is 19.4. The summed E-state index contributed by atoms with van der Waals surface area (Å²) in [6.45, 7) is 6.07. The van der Waals surface area contributed by atoms with E-state index in [-0.39, 0.29) is 6.10 Å². The molecule has 0 radical (unpaired) electrons. The third-order valence-corrected chi connectivity index (χ3v) is 4.22. The van der Waals surface area contributed by atoms with Gasteiger partial charge in [-0.25, -0.2) is 9.88 Å². The molecule has 0 saturated heterocycles. The van der Waals surface area contributed by atoms with Crippen molar-refractivity contribution < 1.29 is 18.8 Å². The van der Waals surface area contributed by atoms with Gasteiger partial charge >= 0.3 is 13.7 Å². The molecule has 1 atom stereocenters. The molecule has 0 spiro atoms. The van der Waals surface area contributed by atoms with Gasteiger partial charge in [0.1, 0.15) is 5.75 Å². The second kappa shape index (κ2) is 6.26. The van der Waals surface area contributed by atoms with Gasteiger partial charge in [-0.1, -0.05) is 6.92 Å². The van der Waals surface area contributed by atoms with Gasteiger partial charge in [0.15, 0.2) is 0 Å². The Balaban J connectivity index is 2.04. The van der Waals surface area contributed by atoms with E-state index in [0.29, 0.717) is 23.7 Å². The Labute approximate surface area is 123 Å². The highest BCUT2D eigenvalue weighted by Crippen LogP contribution is 2.51. The number of amides is 1. The minimum Gasteiger partial charge on any atom is -0.494 e. The third-order valence-electron chi connectivity index (χ3n) is 2.61. The van der Waals surface area contributed by atoms with Gasteiger partial charge in [-0.15, -0.1) is 0 Å². The molecular weight excluding hydrogens is 293 g/mol. The Kier molecular flexibility index (Phi) is 4.63. The second-order valence-corrected chi connectivity index (χ2v) is 6.84. The van der Waals surface area contributed by atoms with Crippen LogP contribution in [0.5, 0.6) is 5.75 Å². The van der Waals surface area contributed by atoms with Gasteiger partial charge in [0.05, 0.1) is 24.1 Å². The van der Waals surface area contributed by atoms with Crippen molar-refractivity contribution in [1.29, 1.82) is 0 Å². The van der Waals surface area contributed by atoms with E-state index in [9.17, 15) is 9.36 Å². The van der Waals surface area contributed by atoms with Crippen molar-refractivity contribution in [2.45, 2.75) is 33.3 Å². The maximum absolute atomic E-state index is 12.5. The highest BCUT2D eigenvalue weighted by Gasteiger charge is 2.33. The molecule has 0 saturated carbocycles. The van der Waals surface area contributed by atoms with Crippen molar-refractivity contribution in [2.75, 3.05) is 16.8 Å². The summed E-state index contributed by atoms with van der Waals surface area (Å²) in [5.41, 5.74) is 1.27. The van der Waals surface area contributed by atoms with Crippen LogP contribution in [0.25, 0.3) is 0 Å². The highest BCUT2D eigenvalue weighted by atomic mass is 31.2. The predicted molar refractivity (Wildman–Crippen MR) is 81.8 cm³/mol. The van der Waals surface area contributed by atoms with Crippen LogP contribution < -0.4 is 20.0 Å². The maximum Gasteiger partial charge on any atom is 0.415 e. The molecule has 0 bridgehead atoms. The summed E-state index contributed by atoms with van der Waals surface area (Å²) in [4.78, 5) is 11.6. The fraction of sp³-hybridized carbons (Fsp3) is 0.462. The number of anilines is 2. The maximum atomic E-state index is 12.5. The van der Waals surface area contributed by atoms with Crippen molar-refractivity contribution in [2.24, 2.45) is 0 Å². The minimum atomic E-state index is -3.29. The molecule has 1 aliphatic heterocycles. The number of ether oxygens (including phenoxy) is 2. The van der Waals surface area contributed by atoms with Crippen LogP contribution in [0.15, 0.2) is 18.2 Å². The van der Waals surface area contributed by atoms with Gasteiger partial charge < -0.3 is 19.6 Å². The molecule has 0 aliphatic carbocycles. The molecule has 1 aromatic rings. The number of nitrogens with one attached hydrogen (secondary N) is 3.